The largest absolute Gasteiger partial charge is 0.497 e. The molecule has 6 nitrogen and oxygen atoms in total. The average Bonchev–Trinajstić information content (AvgIpc) is 2.73. The van der Waals surface area contributed by atoms with Crippen molar-refractivity contribution in [2.24, 2.45) is 7.05 Å². The summed E-state index contributed by atoms with van der Waals surface area (Å²) in [5.41, 5.74) is 0.396. The zero-order valence-corrected chi connectivity index (χ0v) is 13.6. The highest BCUT2D eigenvalue weighted by atomic mass is 79.9. The number of nitrogens with one attached hydrogen (secondary N) is 1. The molecule has 0 bridgehead atoms. The summed E-state index contributed by atoms with van der Waals surface area (Å²) in [7, 11) is -0.474. The zero-order valence-electron chi connectivity index (χ0n) is 11.2. The monoisotopic (exact) mass is 359 g/mol. The summed E-state index contributed by atoms with van der Waals surface area (Å²) in [6.45, 7) is 1.74. The second-order valence-corrected chi connectivity index (χ2v) is 6.67. The number of rotatable bonds is 4. The molecule has 0 unspecified atom stereocenters. The summed E-state index contributed by atoms with van der Waals surface area (Å²) in [6.07, 6.45) is 1.46. The van der Waals surface area contributed by atoms with E-state index in [1.54, 1.807) is 36.7 Å². The summed E-state index contributed by atoms with van der Waals surface area (Å²) >= 11 is 3.30. The number of benzene rings is 1. The fraction of sp³-hybridized carbons (Fsp3) is 0.250. The fourth-order valence-corrected chi connectivity index (χ4v) is 3.15. The van der Waals surface area contributed by atoms with Gasteiger partial charge < -0.3 is 9.30 Å². The van der Waals surface area contributed by atoms with E-state index in [0.29, 0.717) is 21.7 Å². The van der Waals surface area contributed by atoms with Gasteiger partial charge in [-0.05, 0) is 35.0 Å². The lowest BCUT2D eigenvalue weighted by molar-refractivity contribution is 0.415. The Morgan fingerprint density at radius 2 is 2.10 bits per heavy atom. The molecule has 0 spiro atoms. The molecular weight excluding hydrogens is 346 g/mol. The quantitative estimate of drug-likeness (QED) is 0.908. The predicted octanol–water partition coefficient (Wildman–Crippen LogP) is 2.30. The second kappa shape index (κ2) is 5.45. The first-order valence-electron chi connectivity index (χ1n) is 5.70. The first kappa shape index (κ1) is 14.9. The third-order valence-electron chi connectivity index (χ3n) is 2.78. The van der Waals surface area contributed by atoms with Gasteiger partial charge in [-0.3, -0.25) is 4.72 Å². The van der Waals surface area contributed by atoms with Gasteiger partial charge in [0, 0.05) is 23.8 Å². The van der Waals surface area contributed by atoms with Gasteiger partial charge in [0.05, 0.1) is 12.8 Å². The van der Waals surface area contributed by atoms with Gasteiger partial charge in [-0.25, -0.2) is 4.98 Å². The molecule has 0 fully saturated rings. The van der Waals surface area contributed by atoms with Crippen molar-refractivity contribution in [3.05, 3.63) is 34.7 Å². The van der Waals surface area contributed by atoms with E-state index in [2.05, 4.69) is 25.6 Å². The lowest BCUT2D eigenvalue weighted by Crippen LogP contribution is -2.14. The number of hydrogen-bond donors (Lipinski definition) is 1. The molecule has 0 aliphatic rings. The number of hydrogen-bond acceptors (Lipinski definition) is 4. The number of nitrogens with zero attached hydrogens (tertiary/aromatic N) is 2. The Morgan fingerprint density at radius 1 is 1.40 bits per heavy atom. The molecule has 0 amide bonds. The highest BCUT2D eigenvalue weighted by Gasteiger charge is 2.20. The van der Waals surface area contributed by atoms with Crippen LogP contribution in [0.25, 0.3) is 0 Å². The number of halogens is 1. The van der Waals surface area contributed by atoms with E-state index in [1.165, 1.54) is 13.3 Å². The molecule has 0 atom stereocenters. The highest BCUT2D eigenvalue weighted by molar-refractivity contribution is 9.10. The van der Waals surface area contributed by atoms with Gasteiger partial charge in [-0.1, -0.05) is 0 Å². The van der Waals surface area contributed by atoms with Crippen molar-refractivity contribution in [2.75, 3.05) is 11.8 Å². The van der Waals surface area contributed by atoms with Crippen LogP contribution in [0.4, 0.5) is 5.69 Å². The van der Waals surface area contributed by atoms with Crippen molar-refractivity contribution >= 4 is 31.6 Å². The minimum absolute atomic E-state index is 0.0211. The van der Waals surface area contributed by atoms with Crippen LogP contribution >= 0.6 is 15.9 Å². The molecule has 0 aliphatic carbocycles. The topological polar surface area (TPSA) is 73.2 Å². The van der Waals surface area contributed by atoms with Crippen LogP contribution in [0.1, 0.15) is 5.82 Å². The molecule has 1 aromatic heterocycles. The van der Waals surface area contributed by atoms with Gasteiger partial charge in [0.15, 0.2) is 5.03 Å². The molecule has 2 aromatic rings. The van der Waals surface area contributed by atoms with Crippen molar-refractivity contribution in [1.29, 1.82) is 0 Å². The maximum absolute atomic E-state index is 12.3. The molecule has 1 heterocycles. The molecule has 0 radical (unpaired) electrons. The van der Waals surface area contributed by atoms with Gasteiger partial charge in [-0.2, -0.15) is 8.42 Å². The maximum atomic E-state index is 12.3. The Morgan fingerprint density at radius 3 is 2.65 bits per heavy atom. The second-order valence-electron chi connectivity index (χ2n) is 4.19. The Kier molecular flexibility index (Phi) is 4.05. The first-order valence-corrected chi connectivity index (χ1v) is 7.97. The summed E-state index contributed by atoms with van der Waals surface area (Å²) in [5.74, 6) is 1.18. The summed E-state index contributed by atoms with van der Waals surface area (Å²) < 4.78 is 34.4. The Balaban J connectivity index is 2.37. The molecular formula is C12H14BrN3O3S. The third kappa shape index (κ3) is 2.96. The molecule has 0 aliphatic heterocycles. The molecule has 1 aromatic carbocycles. The Bertz CT molecular complexity index is 721. The van der Waals surface area contributed by atoms with E-state index in [4.69, 9.17) is 4.74 Å². The van der Waals surface area contributed by atoms with E-state index in [0.717, 1.165) is 0 Å². The van der Waals surface area contributed by atoms with E-state index in [-0.39, 0.29) is 5.03 Å². The van der Waals surface area contributed by atoms with Gasteiger partial charge >= 0.3 is 0 Å². The summed E-state index contributed by atoms with van der Waals surface area (Å²) in [6, 6.07) is 5.03. The molecule has 108 valence electrons. The number of anilines is 1. The highest BCUT2D eigenvalue weighted by Crippen LogP contribution is 2.28. The Labute approximate surface area is 126 Å². The van der Waals surface area contributed by atoms with Crippen LogP contribution in [0.3, 0.4) is 0 Å². The lowest BCUT2D eigenvalue weighted by atomic mass is 10.3. The number of aryl methyl sites for hydroxylation is 2. The summed E-state index contributed by atoms with van der Waals surface area (Å²) in [4.78, 5) is 4.02. The van der Waals surface area contributed by atoms with Gasteiger partial charge in [0.25, 0.3) is 10.0 Å². The van der Waals surface area contributed by atoms with Crippen LogP contribution in [-0.4, -0.2) is 25.1 Å². The van der Waals surface area contributed by atoms with E-state index in [1.807, 2.05) is 0 Å². The fourth-order valence-electron chi connectivity index (χ4n) is 1.56. The maximum Gasteiger partial charge on any atom is 0.280 e. The van der Waals surface area contributed by atoms with Crippen LogP contribution in [0.15, 0.2) is 33.9 Å². The third-order valence-corrected chi connectivity index (χ3v) is 4.71. The standard InChI is InChI=1S/C12H14BrN3O3S/c1-8-14-12(7-16(8)2)20(17,18)15-11-6-9(19-3)4-5-10(11)13/h4-7,15H,1-3H3. The van der Waals surface area contributed by atoms with Crippen LogP contribution < -0.4 is 9.46 Å². The van der Waals surface area contributed by atoms with Crippen molar-refractivity contribution < 1.29 is 13.2 Å². The van der Waals surface area contributed by atoms with Crippen molar-refractivity contribution in [1.82, 2.24) is 9.55 Å². The molecule has 8 heteroatoms. The van der Waals surface area contributed by atoms with Crippen LogP contribution in [0, 0.1) is 6.92 Å². The normalized spacial score (nSPS) is 11.4. The van der Waals surface area contributed by atoms with E-state index in [9.17, 15) is 8.42 Å². The molecule has 2 rings (SSSR count). The van der Waals surface area contributed by atoms with Gasteiger partial charge in [0.2, 0.25) is 0 Å². The van der Waals surface area contributed by atoms with E-state index >= 15 is 0 Å². The smallest absolute Gasteiger partial charge is 0.280 e. The van der Waals surface area contributed by atoms with Gasteiger partial charge in [-0.15, -0.1) is 0 Å². The van der Waals surface area contributed by atoms with Crippen molar-refractivity contribution in [2.45, 2.75) is 11.9 Å². The van der Waals surface area contributed by atoms with Crippen LogP contribution in [-0.2, 0) is 17.1 Å². The van der Waals surface area contributed by atoms with Crippen molar-refractivity contribution in [3.8, 4) is 5.75 Å². The predicted molar refractivity (Wildman–Crippen MR) is 79.4 cm³/mol. The van der Waals surface area contributed by atoms with Crippen LogP contribution in [0.2, 0.25) is 0 Å². The number of aromatic nitrogens is 2. The van der Waals surface area contributed by atoms with Gasteiger partial charge in [0.1, 0.15) is 11.6 Å². The Hall–Kier alpha value is -1.54. The molecule has 20 heavy (non-hydrogen) atoms. The first-order chi connectivity index (χ1) is 9.33. The average molecular weight is 360 g/mol. The summed E-state index contributed by atoms with van der Waals surface area (Å²) in [5, 5.41) is -0.0211. The zero-order chi connectivity index (χ0) is 14.9. The van der Waals surface area contributed by atoms with Crippen LogP contribution in [0.5, 0.6) is 5.75 Å². The van der Waals surface area contributed by atoms with E-state index < -0.39 is 10.0 Å². The minimum Gasteiger partial charge on any atom is -0.497 e. The lowest BCUT2D eigenvalue weighted by Gasteiger charge is -2.09. The number of methoxy groups -OCH3 is 1. The molecule has 0 saturated carbocycles. The number of ether oxygens (including phenoxy) is 1. The van der Waals surface area contributed by atoms with Crippen molar-refractivity contribution in [3.63, 3.8) is 0 Å². The SMILES string of the molecule is COc1ccc(Br)c(NS(=O)(=O)c2cn(C)c(C)n2)c1. The number of imidazole rings is 1. The molecule has 1 N–H and O–H groups in total. The minimum atomic E-state index is -3.73. The molecule has 0 saturated heterocycles. The number of sulfonamides is 1.